The predicted octanol–water partition coefficient (Wildman–Crippen LogP) is 3.89. The maximum atomic E-state index is 11.3. The van der Waals surface area contributed by atoms with Crippen molar-refractivity contribution in [1.29, 1.82) is 5.26 Å². The number of nitrogens with one attached hydrogen (secondary N) is 1. The van der Waals surface area contributed by atoms with Crippen LogP contribution in [0.15, 0.2) is 36.4 Å². The summed E-state index contributed by atoms with van der Waals surface area (Å²) in [4.78, 5) is 11.3. The minimum atomic E-state index is 0.0371. The van der Waals surface area contributed by atoms with Gasteiger partial charge >= 0.3 is 0 Å². The maximum Gasteiger partial charge on any atom is 0.224 e. The van der Waals surface area contributed by atoms with Crippen LogP contribution in [0.4, 0.5) is 5.69 Å². The van der Waals surface area contributed by atoms with Crippen LogP contribution in [0.3, 0.4) is 0 Å². The molecule has 0 unspecified atom stereocenters. The average molecular weight is 299 g/mol. The highest BCUT2D eigenvalue weighted by Crippen LogP contribution is 2.31. The number of carbonyl (C=O) groups is 1. The van der Waals surface area contributed by atoms with Gasteiger partial charge < -0.3 is 10.1 Å². The zero-order valence-corrected chi connectivity index (χ0v) is 11.8. The molecule has 0 aromatic heterocycles. The topological polar surface area (TPSA) is 62.1 Å². The lowest BCUT2D eigenvalue weighted by Crippen LogP contribution is -2.18. The van der Waals surface area contributed by atoms with Gasteiger partial charge in [-0.1, -0.05) is 11.6 Å². The van der Waals surface area contributed by atoms with E-state index >= 15 is 0 Å². The van der Waals surface area contributed by atoms with Crippen LogP contribution in [-0.4, -0.2) is 5.91 Å². The Labute approximate surface area is 126 Å². The number of ether oxygens (including phenoxy) is 1. The SMILES string of the molecule is N#Cc1ccc(Oc2ccc3c(c2)CCC(=O)N3)cc1Cl. The van der Waals surface area contributed by atoms with E-state index in [0.29, 0.717) is 34.9 Å². The zero-order chi connectivity index (χ0) is 14.8. The molecule has 0 bridgehead atoms. The van der Waals surface area contributed by atoms with Crippen LogP contribution in [0, 0.1) is 11.3 Å². The average Bonchev–Trinajstić information content (AvgIpc) is 2.48. The van der Waals surface area contributed by atoms with Crippen molar-refractivity contribution in [3.05, 3.63) is 52.5 Å². The second kappa shape index (κ2) is 5.47. The number of rotatable bonds is 2. The summed E-state index contributed by atoms with van der Waals surface area (Å²) in [5.74, 6) is 1.28. The van der Waals surface area contributed by atoms with Gasteiger partial charge in [-0.05, 0) is 42.3 Å². The largest absolute Gasteiger partial charge is 0.457 e. The van der Waals surface area contributed by atoms with E-state index < -0.39 is 0 Å². The van der Waals surface area contributed by atoms with E-state index in [-0.39, 0.29) is 5.91 Å². The Morgan fingerprint density at radius 3 is 2.67 bits per heavy atom. The van der Waals surface area contributed by atoms with Crippen molar-refractivity contribution in [1.82, 2.24) is 0 Å². The molecule has 0 spiro atoms. The molecule has 104 valence electrons. The molecule has 3 rings (SSSR count). The first-order chi connectivity index (χ1) is 10.2. The highest BCUT2D eigenvalue weighted by molar-refractivity contribution is 6.31. The lowest BCUT2D eigenvalue weighted by atomic mass is 10.0. The predicted molar refractivity (Wildman–Crippen MR) is 79.6 cm³/mol. The Morgan fingerprint density at radius 1 is 1.14 bits per heavy atom. The van der Waals surface area contributed by atoms with Gasteiger partial charge in [0.05, 0.1) is 10.6 Å². The molecule has 4 nitrogen and oxygen atoms in total. The quantitative estimate of drug-likeness (QED) is 0.915. The molecule has 1 heterocycles. The Hall–Kier alpha value is -2.51. The third-order valence-corrected chi connectivity index (χ3v) is 3.58. The van der Waals surface area contributed by atoms with Crippen LogP contribution in [0.2, 0.25) is 5.02 Å². The summed E-state index contributed by atoms with van der Waals surface area (Å²) in [6.07, 6.45) is 1.19. The van der Waals surface area contributed by atoms with E-state index in [0.717, 1.165) is 11.3 Å². The fourth-order valence-corrected chi connectivity index (χ4v) is 2.42. The first kappa shape index (κ1) is 13.5. The number of aryl methyl sites for hydroxylation is 1. The molecule has 1 amide bonds. The minimum absolute atomic E-state index is 0.0371. The van der Waals surface area contributed by atoms with E-state index in [1.807, 2.05) is 18.2 Å². The molecule has 0 saturated carbocycles. The number of hydrogen-bond acceptors (Lipinski definition) is 3. The third-order valence-electron chi connectivity index (χ3n) is 3.27. The molecule has 2 aromatic carbocycles. The van der Waals surface area contributed by atoms with Gasteiger partial charge in [-0.25, -0.2) is 0 Å². The Bertz CT molecular complexity index is 765. The molecule has 0 fully saturated rings. The second-order valence-electron chi connectivity index (χ2n) is 4.72. The van der Waals surface area contributed by atoms with Crippen LogP contribution in [0.5, 0.6) is 11.5 Å². The number of carbonyl (C=O) groups excluding carboxylic acids is 1. The fourth-order valence-electron chi connectivity index (χ4n) is 2.21. The number of benzene rings is 2. The van der Waals surface area contributed by atoms with Crippen molar-refractivity contribution in [3.8, 4) is 17.6 Å². The normalized spacial score (nSPS) is 13.0. The molecule has 1 aliphatic heterocycles. The molecule has 1 aliphatic rings. The molecule has 0 atom stereocenters. The van der Waals surface area contributed by atoms with E-state index in [9.17, 15) is 4.79 Å². The molecular weight excluding hydrogens is 288 g/mol. The van der Waals surface area contributed by atoms with Gasteiger partial charge in [0.15, 0.2) is 0 Å². The zero-order valence-electron chi connectivity index (χ0n) is 11.0. The molecule has 1 N–H and O–H groups in total. The van der Waals surface area contributed by atoms with Gasteiger partial charge in [-0.2, -0.15) is 5.26 Å². The minimum Gasteiger partial charge on any atom is -0.457 e. The van der Waals surface area contributed by atoms with Crippen LogP contribution >= 0.6 is 11.6 Å². The Balaban J connectivity index is 1.84. The van der Waals surface area contributed by atoms with Crippen LogP contribution in [0.25, 0.3) is 0 Å². The second-order valence-corrected chi connectivity index (χ2v) is 5.13. The molecular formula is C16H11ClN2O2. The van der Waals surface area contributed by atoms with Crippen molar-refractivity contribution in [2.24, 2.45) is 0 Å². The first-order valence-electron chi connectivity index (χ1n) is 6.46. The van der Waals surface area contributed by atoms with Crippen LogP contribution in [0.1, 0.15) is 17.5 Å². The Kier molecular flexibility index (Phi) is 3.51. The lowest BCUT2D eigenvalue weighted by Gasteiger charge is -2.17. The highest BCUT2D eigenvalue weighted by Gasteiger charge is 2.15. The molecule has 0 radical (unpaired) electrons. The summed E-state index contributed by atoms with van der Waals surface area (Å²) >= 11 is 5.98. The number of fused-ring (bicyclic) bond motifs is 1. The van der Waals surface area contributed by atoms with Gasteiger partial charge in [0.25, 0.3) is 0 Å². The number of amides is 1. The maximum absolute atomic E-state index is 11.3. The molecule has 21 heavy (non-hydrogen) atoms. The monoisotopic (exact) mass is 298 g/mol. The van der Waals surface area contributed by atoms with Gasteiger partial charge in [0.2, 0.25) is 5.91 Å². The smallest absolute Gasteiger partial charge is 0.224 e. The lowest BCUT2D eigenvalue weighted by molar-refractivity contribution is -0.116. The standard InChI is InChI=1S/C16H11ClN2O2/c17-14-8-13(3-1-11(14)9-18)21-12-4-5-15-10(7-12)2-6-16(20)19-15/h1,3-5,7-8H,2,6H2,(H,19,20). The summed E-state index contributed by atoms with van der Waals surface area (Å²) in [5.41, 5.74) is 2.29. The van der Waals surface area contributed by atoms with Crippen LogP contribution < -0.4 is 10.1 Å². The van der Waals surface area contributed by atoms with Gasteiger partial charge in [-0.3, -0.25) is 4.79 Å². The van der Waals surface area contributed by atoms with Crippen molar-refractivity contribution in [3.63, 3.8) is 0 Å². The van der Waals surface area contributed by atoms with Crippen molar-refractivity contribution in [2.45, 2.75) is 12.8 Å². The summed E-state index contributed by atoms with van der Waals surface area (Å²) in [5, 5.41) is 12.0. The third kappa shape index (κ3) is 2.83. The van der Waals surface area contributed by atoms with Gasteiger partial charge in [0, 0.05) is 18.2 Å². The van der Waals surface area contributed by atoms with E-state index in [2.05, 4.69) is 5.32 Å². The van der Waals surface area contributed by atoms with Crippen molar-refractivity contribution >= 4 is 23.2 Å². The number of nitrogens with zero attached hydrogens (tertiary/aromatic N) is 1. The van der Waals surface area contributed by atoms with Gasteiger partial charge in [-0.15, -0.1) is 0 Å². The molecule has 5 heteroatoms. The molecule has 2 aromatic rings. The van der Waals surface area contributed by atoms with Crippen molar-refractivity contribution < 1.29 is 9.53 Å². The summed E-state index contributed by atoms with van der Waals surface area (Å²) in [7, 11) is 0. The number of anilines is 1. The fraction of sp³-hybridized carbons (Fsp3) is 0.125. The van der Waals surface area contributed by atoms with Crippen molar-refractivity contribution in [2.75, 3.05) is 5.32 Å². The first-order valence-corrected chi connectivity index (χ1v) is 6.84. The highest BCUT2D eigenvalue weighted by atomic mass is 35.5. The van der Waals surface area contributed by atoms with E-state index in [1.54, 1.807) is 24.3 Å². The summed E-state index contributed by atoms with van der Waals surface area (Å²) in [6, 6.07) is 12.5. The van der Waals surface area contributed by atoms with E-state index in [1.165, 1.54) is 0 Å². The summed E-state index contributed by atoms with van der Waals surface area (Å²) < 4.78 is 5.75. The Morgan fingerprint density at radius 2 is 1.90 bits per heavy atom. The molecule has 0 saturated heterocycles. The molecule has 0 aliphatic carbocycles. The van der Waals surface area contributed by atoms with E-state index in [4.69, 9.17) is 21.6 Å². The number of nitriles is 1. The summed E-state index contributed by atoms with van der Waals surface area (Å²) in [6.45, 7) is 0. The number of halogens is 1. The van der Waals surface area contributed by atoms with Gasteiger partial charge in [0.1, 0.15) is 17.6 Å². The number of hydrogen-bond donors (Lipinski definition) is 1. The van der Waals surface area contributed by atoms with Crippen LogP contribution in [-0.2, 0) is 11.2 Å².